The number of hydrogen-bond acceptors (Lipinski definition) is 3. The number of nitrogens with one attached hydrogen (secondary N) is 2. The summed E-state index contributed by atoms with van der Waals surface area (Å²) in [6.45, 7) is 1.77. The van der Waals surface area contributed by atoms with Crippen molar-refractivity contribution in [2.24, 2.45) is 0 Å². The van der Waals surface area contributed by atoms with Crippen molar-refractivity contribution in [2.75, 3.05) is 17.2 Å². The minimum atomic E-state index is -0.130. The van der Waals surface area contributed by atoms with Gasteiger partial charge < -0.3 is 15.4 Å². The van der Waals surface area contributed by atoms with Crippen LogP contribution in [0.1, 0.15) is 13.3 Å². The second-order valence-electron chi connectivity index (χ2n) is 4.72. The number of benzene rings is 2. The monoisotopic (exact) mass is 298 g/mol. The third-order valence-corrected chi connectivity index (χ3v) is 2.83. The summed E-state index contributed by atoms with van der Waals surface area (Å²) in [7, 11) is 0. The summed E-state index contributed by atoms with van der Waals surface area (Å²) in [5.74, 6) is 0.494. The molecule has 0 fully saturated rings. The van der Waals surface area contributed by atoms with Gasteiger partial charge in [-0.1, -0.05) is 18.2 Å². The van der Waals surface area contributed by atoms with Crippen molar-refractivity contribution < 1.29 is 14.3 Å². The topological polar surface area (TPSA) is 67.4 Å². The molecule has 0 radical (unpaired) electrons. The number of para-hydroxylation sites is 1. The fourth-order valence-corrected chi connectivity index (χ4v) is 1.84. The summed E-state index contributed by atoms with van der Waals surface area (Å²) in [4.78, 5) is 22.7. The van der Waals surface area contributed by atoms with Crippen LogP contribution in [-0.2, 0) is 9.59 Å². The van der Waals surface area contributed by atoms with Crippen molar-refractivity contribution >= 4 is 23.2 Å². The molecule has 0 saturated heterocycles. The Morgan fingerprint density at radius 2 is 1.50 bits per heavy atom. The van der Waals surface area contributed by atoms with E-state index in [1.54, 1.807) is 24.3 Å². The SMILES string of the molecule is CC(=O)Nc1ccc(NC(=O)CCOc2ccccc2)cc1. The fraction of sp³-hybridized carbons (Fsp3) is 0.176. The summed E-state index contributed by atoms with van der Waals surface area (Å²) in [5, 5.41) is 5.44. The molecule has 0 aliphatic rings. The molecule has 114 valence electrons. The lowest BCUT2D eigenvalue weighted by atomic mass is 10.2. The van der Waals surface area contributed by atoms with Gasteiger partial charge in [-0.15, -0.1) is 0 Å². The maximum Gasteiger partial charge on any atom is 0.227 e. The van der Waals surface area contributed by atoms with Gasteiger partial charge in [0, 0.05) is 18.3 Å². The van der Waals surface area contributed by atoms with Gasteiger partial charge in [-0.3, -0.25) is 9.59 Å². The van der Waals surface area contributed by atoms with Crippen molar-refractivity contribution in [1.29, 1.82) is 0 Å². The van der Waals surface area contributed by atoms with Crippen LogP contribution in [0.4, 0.5) is 11.4 Å². The Morgan fingerprint density at radius 1 is 0.909 bits per heavy atom. The number of rotatable bonds is 6. The minimum Gasteiger partial charge on any atom is -0.493 e. The minimum absolute atomic E-state index is 0.122. The van der Waals surface area contributed by atoms with E-state index in [1.165, 1.54) is 6.92 Å². The molecule has 5 nitrogen and oxygen atoms in total. The first kappa shape index (κ1) is 15.6. The van der Waals surface area contributed by atoms with Crippen molar-refractivity contribution in [3.05, 3.63) is 54.6 Å². The van der Waals surface area contributed by atoms with Gasteiger partial charge in [0.05, 0.1) is 13.0 Å². The fourth-order valence-electron chi connectivity index (χ4n) is 1.84. The predicted molar refractivity (Wildman–Crippen MR) is 85.9 cm³/mol. The molecule has 0 spiro atoms. The van der Waals surface area contributed by atoms with Gasteiger partial charge in [0.1, 0.15) is 5.75 Å². The highest BCUT2D eigenvalue weighted by Crippen LogP contribution is 2.14. The highest BCUT2D eigenvalue weighted by Gasteiger charge is 2.03. The van der Waals surface area contributed by atoms with Crippen molar-refractivity contribution in [2.45, 2.75) is 13.3 Å². The Balaban J connectivity index is 1.75. The van der Waals surface area contributed by atoms with Crippen LogP contribution in [0.15, 0.2) is 54.6 Å². The molecule has 0 heterocycles. The molecular weight excluding hydrogens is 280 g/mol. The van der Waals surface area contributed by atoms with Crippen LogP contribution in [0.25, 0.3) is 0 Å². The second-order valence-corrected chi connectivity index (χ2v) is 4.72. The number of carbonyl (C=O) groups is 2. The Morgan fingerprint density at radius 3 is 2.09 bits per heavy atom. The third-order valence-electron chi connectivity index (χ3n) is 2.83. The lowest BCUT2D eigenvalue weighted by Crippen LogP contribution is -2.15. The Bertz CT molecular complexity index is 624. The first-order valence-electron chi connectivity index (χ1n) is 6.99. The predicted octanol–water partition coefficient (Wildman–Crippen LogP) is 3.05. The van der Waals surface area contributed by atoms with E-state index >= 15 is 0 Å². The van der Waals surface area contributed by atoms with Gasteiger partial charge in [-0.05, 0) is 36.4 Å². The van der Waals surface area contributed by atoms with Crippen LogP contribution in [0.5, 0.6) is 5.75 Å². The van der Waals surface area contributed by atoms with E-state index in [1.807, 2.05) is 30.3 Å². The van der Waals surface area contributed by atoms with E-state index in [4.69, 9.17) is 4.74 Å². The zero-order chi connectivity index (χ0) is 15.8. The van der Waals surface area contributed by atoms with Gasteiger partial charge in [0.2, 0.25) is 11.8 Å². The maximum absolute atomic E-state index is 11.8. The summed E-state index contributed by atoms with van der Waals surface area (Å²) in [6.07, 6.45) is 0.266. The van der Waals surface area contributed by atoms with E-state index in [9.17, 15) is 9.59 Å². The number of carbonyl (C=O) groups excluding carboxylic acids is 2. The first-order chi connectivity index (χ1) is 10.6. The van der Waals surface area contributed by atoms with Crippen molar-refractivity contribution in [3.63, 3.8) is 0 Å². The number of hydrogen-bond donors (Lipinski definition) is 2. The smallest absolute Gasteiger partial charge is 0.227 e. The zero-order valence-electron chi connectivity index (χ0n) is 12.3. The van der Waals surface area contributed by atoms with Gasteiger partial charge in [-0.25, -0.2) is 0 Å². The molecule has 0 aliphatic heterocycles. The van der Waals surface area contributed by atoms with Crippen LogP contribution < -0.4 is 15.4 Å². The first-order valence-corrected chi connectivity index (χ1v) is 6.99. The average molecular weight is 298 g/mol. The molecule has 2 amide bonds. The normalized spacial score (nSPS) is 9.86. The molecule has 2 aromatic carbocycles. The van der Waals surface area contributed by atoms with Crippen LogP contribution in [-0.4, -0.2) is 18.4 Å². The van der Waals surface area contributed by atoms with Gasteiger partial charge in [0.15, 0.2) is 0 Å². The standard InChI is InChI=1S/C17H18N2O3/c1-13(20)18-14-7-9-15(10-8-14)19-17(21)11-12-22-16-5-3-2-4-6-16/h2-10H,11-12H2,1H3,(H,18,20)(H,19,21). The molecule has 0 saturated carbocycles. The molecular formula is C17H18N2O3. The summed E-state index contributed by atoms with van der Waals surface area (Å²) < 4.78 is 5.47. The summed E-state index contributed by atoms with van der Waals surface area (Å²) in [6, 6.07) is 16.3. The zero-order valence-corrected chi connectivity index (χ0v) is 12.3. The van der Waals surface area contributed by atoms with Crippen LogP contribution in [0.3, 0.4) is 0 Å². The molecule has 0 atom stereocenters. The van der Waals surface area contributed by atoms with Crippen LogP contribution >= 0.6 is 0 Å². The molecule has 0 aromatic heterocycles. The highest BCUT2D eigenvalue weighted by molar-refractivity contribution is 5.92. The lowest BCUT2D eigenvalue weighted by molar-refractivity contribution is -0.116. The number of amides is 2. The maximum atomic E-state index is 11.8. The van der Waals surface area contributed by atoms with Crippen LogP contribution in [0.2, 0.25) is 0 Å². The average Bonchev–Trinajstić information content (AvgIpc) is 2.50. The molecule has 0 aliphatic carbocycles. The number of ether oxygens (including phenoxy) is 1. The molecule has 2 aromatic rings. The largest absolute Gasteiger partial charge is 0.493 e. The number of anilines is 2. The molecule has 0 unspecified atom stereocenters. The molecule has 2 N–H and O–H groups in total. The van der Waals surface area contributed by atoms with E-state index in [0.717, 1.165) is 5.75 Å². The molecule has 5 heteroatoms. The second kappa shape index (κ2) is 7.83. The van der Waals surface area contributed by atoms with E-state index in [0.29, 0.717) is 18.0 Å². The Labute approximate surface area is 129 Å². The van der Waals surface area contributed by atoms with Crippen LogP contribution in [0, 0.1) is 0 Å². The van der Waals surface area contributed by atoms with Gasteiger partial charge >= 0.3 is 0 Å². The Hall–Kier alpha value is -2.82. The highest BCUT2D eigenvalue weighted by atomic mass is 16.5. The molecule has 22 heavy (non-hydrogen) atoms. The van der Waals surface area contributed by atoms with Crippen molar-refractivity contribution in [3.8, 4) is 5.75 Å². The Kier molecular flexibility index (Phi) is 5.54. The third kappa shape index (κ3) is 5.28. The van der Waals surface area contributed by atoms with E-state index in [2.05, 4.69) is 10.6 Å². The van der Waals surface area contributed by atoms with E-state index in [-0.39, 0.29) is 18.2 Å². The molecule has 2 rings (SSSR count). The quantitative estimate of drug-likeness (QED) is 0.861. The van der Waals surface area contributed by atoms with Gasteiger partial charge in [0.25, 0.3) is 0 Å². The summed E-state index contributed by atoms with van der Waals surface area (Å²) in [5.41, 5.74) is 1.37. The van der Waals surface area contributed by atoms with Crippen molar-refractivity contribution in [1.82, 2.24) is 0 Å². The lowest BCUT2D eigenvalue weighted by Gasteiger charge is -2.08. The van der Waals surface area contributed by atoms with E-state index < -0.39 is 0 Å². The molecule has 0 bridgehead atoms. The van der Waals surface area contributed by atoms with Gasteiger partial charge in [-0.2, -0.15) is 0 Å². The summed E-state index contributed by atoms with van der Waals surface area (Å²) >= 11 is 0.